The Morgan fingerprint density at radius 3 is 0.521 bits per heavy atom. The Balaban J connectivity index is 1.14. The topological polar surface area (TPSA) is 115 Å². The number of hydrogen-bond acceptors (Lipinski definition) is 4. The summed E-state index contributed by atoms with van der Waals surface area (Å²) < 4.78 is 0. The summed E-state index contributed by atoms with van der Waals surface area (Å²) in [5, 5.41) is 5.41. The molecule has 12 aromatic rings. The monoisotopic (exact) mass is 1980 g/mol. The zero-order chi connectivity index (χ0) is 106. The molecule has 4 N–H and O–H groups in total. The molecule has 0 amide bonds. The van der Waals surface area contributed by atoms with Gasteiger partial charge in [0.05, 0.1) is 75.9 Å². The van der Waals surface area contributed by atoms with Gasteiger partial charge in [-0.3, -0.25) is 0 Å². The summed E-state index contributed by atoms with van der Waals surface area (Å²) in [4.78, 5) is 43.5. The molecule has 11 heterocycles. The molecule has 5 aliphatic rings. The van der Waals surface area contributed by atoms with Crippen LogP contribution in [-0.2, 0) is 65.0 Å². The molecule has 0 spiro atoms. The van der Waals surface area contributed by atoms with Crippen molar-refractivity contribution in [2.75, 3.05) is 0 Å². The quantitative estimate of drug-likeness (QED) is 0.124. The number of nitrogens with zero attached hydrogens (tertiary/aromatic N) is 4. The van der Waals surface area contributed by atoms with Crippen LogP contribution in [0.3, 0.4) is 0 Å². The highest BCUT2D eigenvalue weighted by Gasteiger charge is 2.52. The lowest BCUT2D eigenvalue weighted by Gasteiger charge is -2.41. The highest BCUT2D eigenvalue weighted by Crippen LogP contribution is 2.53. The number of aromatic amines is 4. The molecule has 0 radical (unpaired) electrons. The van der Waals surface area contributed by atoms with Gasteiger partial charge < -0.3 is 19.9 Å². The van der Waals surface area contributed by atoms with Gasteiger partial charge in [0.2, 0.25) is 0 Å². The number of H-pyrrole nitrogens is 4. The Hall–Kier alpha value is -10.6. The molecule has 0 saturated heterocycles. The molecular formula is C132H168N8Si4. The predicted octanol–water partition coefficient (Wildman–Crippen LogP) is 36.1. The van der Waals surface area contributed by atoms with Crippen molar-refractivity contribution in [1.82, 2.24) is 39.9 Å². The van der Waals surface area contributed by atoms with E-state index in [1.165, 1.54) is 87.5 Å². The number of fused-ring (bicyclic) bond motifs is 12. The van der Waals surface area contributed by atoms with Crippen LogP contribution in [0.15, 0.2) is 158 Å². The van der Waals surface area contributed by atoms with E-state index in [-0.39, 0.29) is 65.0 Å². The third kappa shape index (κ3) is 19.4. The molecule has 6 aromatic carbocycles. The number of rotatable bonds is 6. The molecule has 16 bridgehead atoms. The normalized spacial score (nSPS) is 15.9. The summed E-state index contributed by atoms with van der Waals surface area (Å²) in [7, 11) is -12.3. The van der Waals surface area contributed by atoms with E-state index in [0.717, 1.165) is 156 Å². The van der Waals surface area contributed by atoms with Crippen LogP contribution in [0.1, 0.15) is 362 Å². The third-order valence-corrected chi connectivity index (χ3v) is 68.4. The summed E-state index contributed by atoms with van der Waals surface area (Å²) in [6.07, 6.45) is 14.6. The van der Waals surface area contributed by atoms with Crippen molar-refractivity contribution < 1.29 is 0 Å². The standard InChI is InChI=1S/C132H168N8Si4/c1-121(2,3)83-53-77(54-84(65-83)122(4,5)6)115-95-45-49-99(133-95)117(79-57-87(125(13,14)15)67-88(58-79)126(16,17)18)107-73-111-103(137-107)71-104-112(74-108(138-104)118(100-50-46-96(115)134-100)80-59-89(127(19,20)21)68-90(60-80)128(22,23)24)142(39,40)144(43,44)114-76-110-120(82-63-93(131(31,32)33)70-94(64-82)132(34,35)36)102-52-48-98(136-102)116(78-55-85(123(7,8)9)66-86(56-78)124(10,11)12)97-47-51-101(135-97)119(81-61-91(129(25,26)27)69-92(62-81)130(28,29)30)109-75-113(143(41,42)141(111,37)38)105(139-109)72-106(114)140-110/h45-76,133,135,138,140H,1-44H3. The Kier molecular flexibility index (Phi) is 25.1. The fourth-order valence-electron chi connectivity index (χ4n) is 21.6. The van der Waals surface area contributed by atoms with Gasteiger partial charge in [-0.15, -0.1) is 0 Å². The fourth-order valence-corrected chi connectivity index (χ4v) is 39.9. The largest absolute Gasteiger partial charge is 0.355 e. The van der Waals surface area contributed by atoms with Gasteiger partial charge in [0.15, 0.2) is 0 Å². The Bertz CT molecular complexity index is 7170. The van der Waals surface area contributed by atoms with Crippen LogP contribution in [0.5, 0.6) is 0 Å². The Labute approximate surface area is 868 Å². The van der Waals surface area contributed by atoms with Gasteiger partial charge in [-0.05, 0) is 271 Å². The predicted molar refractivity (Wildman–Crippen MR) is 642 cm³/mol. The van der Waals surface area contributed by atoms with Gasteiger partial charge >= 0.3 is 0 Å². The number of nitrogens with one attached hydrogen (secondary N) is 4. The molecule has 752 valence electrons. The molecule has 0 unspecified atom stereocenters. The summed E-state index contributed by atoms with van der Waals surface area (Å²) in [5.74, 6) is 0. The summed E-state index contributed by atoms with van der Waals surface area (Å²) in [5.41, 5.74) is 42.1. The van der Waals surface area contributed by atoms with E-state index in [4.69, 9.17) is 19.9 Å². The molecule has 0 aliphatic carbocycles. The first-order chi connectivity index (χ1) is 65.8. The lowest BCUT2D eigenvalue weighted by atomic mass is 9.78. The van der Waals surface area contributed by atoms with E-state index in [2.05, 4.69) is 516 Å². The third-order valence-electron chi connectivity index (χ3n) is 33.2. The first kappa shape index (κ1) is 105. The minimum Gasteiger partial charge on any atom is -0.355 e. The Morgan fingerprint density at radius 2 is 0.340 bits per heavy atom. The average molecular weight is 1980 g/mol. The zero-order valence-electron chi connectivity index (χ0n) is 96.3. The van der Waals surface area contributed by atoms with E-state index in [0.29, 0.717) is 0 Å². The maximum atomic E-state index is 6.55. The van der Waals surface area contributed by atoms with Crippen molar-refractivity contribution in [3.05, 3.63) is 270 Å². The van der Waals surface area contributed by atoms with Gasteiger partial charge in [0.25, 0.3) is 0 Å². The maximum absolute atomic E-state index is 6.55. The van der Waals surface area contributed by atoms with E-state index in [1.807, 2.05) is 0 Å². The van der Waals surface area contributed by atoms with Crippen LogP contribution < -0.4 is 10.4 Å². The number of aromatic nitrogens is 8. The van der Waals surface area contributed by atoms with E-state index in [1.54, 1.807) is 0 Å². The van der Waals surface area contributed by atoms with Crippen molar-refractivity contribution in [2.45, 2.75) is 367 Å². The van der Waals surface area contributed by atoms with Crippen LogP contribution in [0.25, 0.3) is 158 Å². The molecule has 8 nitrogen and oxygen atoms in total. The fraction of sp³-hybridized carbons (Fsp3) is 0.424. The van der Waals surface area contributed by atoms with E-state index in [9.17, 15) is 0 Å². The van der Waals surface area contributed by atoms with Crippen molar-refractivity contribution in [3.8, 4) is 66.8 Å². The first-order valence-electron chi connectivity index (χ1n) is 53.3. The molecule has 12 heteroatoms. The van der Waals surface area contributed by atoms with Gasteiger partial charge in [-0.1, -0.05) is 411 Å². The van der Waals surface area contributed by atoms with Crippen molar-refractivity contribution in [2.24, 2.45) is 0 Å². The van der Waals surface area contributed by atoms with Crippen LogP contribution >= 0.6 is 0 Å². The van der Waals surface area contributed by atoms with Crippen molar-refractivity contribution >= 4 is 132 Å². The van der Waals surface area contributed by atoms with E-state index >= 15 is 0 Å². The summed E-state index contributed by atoms with van der Waals surface area (Å²) >= 11 is 0. The van der Waals surface area contributed by atoms with Gasteiger partial charge in [-0.25, -0.2) is 19.9 Å². The summed E-state index contributed by atoms with van der Waals surface area (Å²) in [6, 6.07) is 64.7. The lowest BCUT2D eigenvalue weighted by Crippen LogP contribution is -2.68. The number of benzene rings is 6. The SMILES string of the molecule is CC(C)(C)c1cc(-c2c3nc(c(-c4cc(C(C)(C)C)cc(C(C)(C)C)c4)c4ccc([nH]4)c(-c4cc(C(C)(C)C)cc(C(C)(C)C)c4)c4nc5cc6[nH]c2cc6[Si](C)(C)[Si](C)(C)c2cc6[nH]c2cc2nc(c(-c7cc(C(C)(C)C)cc(C(C)(C)C)c7)c7ccc([nH]7)c(-c7cc(C(C)(C)C)cc(C(C)(C)C)c7)c7nc(c6-c6cc(C(C)(C)C)cc(C(C)(C)C)c6)C=C7)C=C2[Si](C)(C)[Si](C)(C)C5=C4)C=C3)cc(C(C)(C)C)c1. The molecule has 144 heavy (non-hydrogen) atoms. The second-order valence-electron chi connectivity index (χ2n) is 57.7. The molecule has 0 saturated carbocycles. The highest BCUT2D eigenvalue weighted by molar-refractivity contribution is 7.53. The first-order valence-corrected chi connectivity index (χ1v) is 67.3. The minimum atomic E-state index is -3.08. The molecule has 5 aliphatic heterocycles. The highest BCUT2D eigenvalue weighted by atomic mass is 29.3. The molecule has 0 atom stereocenters. The second kappa shape index (κ2) is 34.5. The molecule has 6 aromatic heterocycles. The minimum absolute atomic E-state index is 0.180. The molecule has 0 fully saturated rings. The van der Waals surface area contributed by atoms with Crippen molar-refractivity contribution in [3.63, 3.8) is 0 Å². The maximum Gasteiger partial charge on any atom is 0.0821 e. The van der Waals surface area contributed by atoms with Gasteiger partial charge in [0, 0.05) is 77.5 Å². The van der Waals surface area contributed by atoms with Crippen LogP contribution in [0.2, 0.25) is 52.4 Å². The average Bonchev–Trinajstić information content (AvgIpc) is 1.50. The van der Waals surface area contributed by atoms with E-state index < -0.39 is 30.4 Å². The summed E-state index contributed by atoms with van der Waals surface area (Å²) in [6.45, 7) is 107. The Morgan fingerprint density at radius 1 is 0.174 bits per heavy atom. The van der Waals surface area contributed by atoms with Crippen molar-refractivity contribution in [1.29, 1.82) is 0 Å². The smallest absolute Gasteiger partial charge is 0.0821 e. The van der Waals surface area contributed by atoms with Crippen LogP contribution in [0.4, 0.5) is 0 Å². The zero-order valence-corrected chi connectivity index (χ0v) is 100. The van der Waals surface area contributed by atoms with Gasteiger partial charge in [-0.2, -0.15) is 0 Å². The van der Waals surface area contributed by atoms with Crippen LogP contribution in [0, 0.1) is 0 Å². The molecular weight excluding hydrogens is 1810 g/mol. The second-order valence-corrected chi connectivity index (χ2v) is 87.9. The van der Waals surface area contributed by atoms with Crippen LogP contribution in [-0.4, -0.2) is 70.2 Å². The lowest BCUT2D eigenvalue weighted by molar-refractivity contribution is 0.568. The molecule has 17 rings (SSSR count). The number of hydrogen-bond donors (Lipinski definition) is 4. The van der Waals surface area contributed by atoms with Gasteiger partial charge in [0.1, 0.15) is 0 Å².